The summed E-state index contributed by atoms with van der Waals surface area (Å²) in [6, 6.07) is 3.38. The lowest BCUT2D eigenvalue weighted by Crippen LogP contribution is -2.42. The van der Waals surface area contributed by atoms with E-state index < -0.39 is 41.8 Å². The van der Waals surface area contributed by atoms with Crippen LogP contribution in [-0.4, -0.2) is 55.2 Å². The largest absolute Gasteiger partial charge is 0.495 e. The van der Waals surface area contributed by atoms with E-state index in [1.54, 1.807) is 20.8 Å². The van der Waals surface area contributed by atoms with Gasteiger partial charge in [-0.1, -0.05) is 12.1 Å². The fourth-order valence-electron chi connectivity index (χ4n) is 3.09. The summed E-state index contributed by atoms with van der Waals surface area (Å²) in [5.74, 6) is 0. The van der Waals surface area contributed by atoms with Crippen molar-refractivity contribution < 1.29 is 36.7 Å². The molecule has 32 heavy (non-hydrogen) atoms. The quantitative estimate of drug-likeness (QED) is 0.591. The van der Waals surface area contributed by atoms with Crippen LogP contribution in [0.2, 0.25) is 0 Å². The van der Waals surface area contributed by atoms with Crippen LogP contribution < -0.4 is 5.46 Å². The topological polar surface area (TPSA) is 57.2 Å². The number of methoxy groups -OCH3 is 1. The summed E-state index contributed by atoms with van der Waals surface area (Å²) in [6.07, 6.45) is -5.18. The van der Waals surface area contributed by atoms with Crippen molar-refractivity contribution in [1.82, 2.24) is 4.90 Å². The maximum atomic E-state index is 13.5. The fourth-order valence-corrected chi connectivity index (χ4v) is 3.09. The highest BCUT2D eigenvalue weighted by Gasteiger charge is 2.52. The first-order chi connectivity index (χ1) is 14.5. The number of alkyl halides is 3. The molecule has 0 aromatic heterocycles. The van der Waals surface area contributed by atoms with Gasteiger partial charge < -0.3 is 23.7 Å². The Morgan fingerprint density at radius 3 is 2.12 bits per heavy atom. The van der Waals surface area contributed by atoms with Gasteiger partial charge >= 0.3 is 19.4 Å². The molecule has 6 nitrogen and oxygen atoms in total. The molecule has 180 valence electrons. The van der Waals surface area contributed by atoms with Gasteiger partial charge in [-0.25, -0.2) is 4.79 Å². The molecule has 0 saturated carbocycles. The minimum atomic E-state index is -4.54. The highest BCUT2D eigenvalue weighted by Crippen LogP contribution is 2.37. The Hall–Kier alpha value is -1.78. The van der Waals surface area contributed by atoms with Crippen molar-refractivity contribution in [3.05, 3.63) is 29.3 Å². The van der Waals surface area contributed by atoms with Crippen LogP contribution in [0.3, 0.4) is 0 Å². The van der Waals surface area contributed by atoms with Crippen LogP contribution in [0.1, 0.15) is 59.6 Å². The number of carbonyl (C=O) groups excluding carboxylic acids is 1. The van der Waals surface area contributed by atoms with Crippen LogP contribution >= 0.6 is 0 Å². The number of rotatable bonds is 6. The normalized spacial score (nSPS) is 18.0. The van der Waals surface area contributed by atoms with Crippen LogP contribution in [0.25, 0.3) is 0 Å². The molecular formula is C22H33BF3NO5. The van der Waals surface area contributed by atoms with Gasteiger partial charge in [0.1, 0.15) is 5.60 Å². The fraction of sp³-hybridized carbons (Fsp3) is 0.682. The van der Waals surface area contributed by atoms with Gasteiger partial charge in [0.05, 0.1) is 23.4 Å². The van der Waals surface area contributed by atoms with Gasteiger partial charge in [-0.3, -0.25) is 0 Å². The molecule has 0 radical (unpaired) electrons. The number of benzene rings is 1. The number of amides is 1. The van der Waals surface area contributed by atoms with Crippen LogP contribution in [0.5, 0.6) is 0 Å². The summed E-state index contributed by atoms with van der Waals surface area (Å²) >= 11 is 0. The zero-order valence-electron chi connectivity index (χ0n) is 20.1. The van der Waals surface area contributed by atoms with Gasteiger partial charge in [0.2, 0.25) is 0 Å². The van der Waals surface area contributed by atoms with Crippen LogP contribution in [0.4, 0.5) is 18.0 Å². The Balaban J connectivity index is 2.46. The van der Waals surface area contributed by atoms with E-state index in [0.29, 0.717) is 5.46 Å². The summed E-state index contributed by atoms with van der Waals surface area (Å²) in [5, 5.41) is 0. The molecule has 0 spiro atoms. The average Bonchev–Trinajstić information content (AvgIpc) is 2.83. The van der Waals surface area contributed by atoms with Crippen molar-refractivity contribution in [1.29, 1.82) is 0 Å². The molecule has 0 atom stereocenters. The van der Waals surface area contributed by atoms with E-state index in [2.05, 4.69) is 0 Å². The molecule has 1 aliphatic heterocycles. The minimum absolute atomic E-state index is 0.123. The maximum absolute atomic E-state index is 13.5. The molecule has 1 aliphatic rings. The Kier molecular flexibility index (Phi) is 7.64. The second-order valence-corrected chi connectivity index (χ2v) is 9.89. The molecule has 1 amide bonds. The third kappa shape index (κ3) is 6.39. The van der Waals surface area contributed by atoms with Crippen molar-refractivity contribution in [3.8, 4) is 0 Å². The van der Waals surface area contributed by atoms with Crippen molar-refractivity contribution in [2.45, 2.75) is 78.0 Å². The van der Waals surface area contributed by atoms with Gasteiger partial charge in [-0.15, -0.1) is 0 Å². The number of carbonyl (C=O) groups is 1. The number of hydrogen-bond donors (Lipinski definition) is 0. The van der Waals surface area contributed by atoms with Gasteiger partial charge in [-0.2, -0.15) is 13.2 Å². The van der Waals surface area contributed by atoms with E-state index >= 15 is 0 Å². The Morgan fingerprint density at radius 1 is 1.09 bits per heavy atom. The molecule has 0 bridgehead atoms. The first-order valence-electron chi connectivity index (χ1n) is 10.5. The number of nitrogens with zero attached hydrogens (tertiary/aromatic N) is 1. The van der Waals surface area contributed by atoms with Crippen molar-refractivity contribution in [3.63, 3.8) is 0 Å². The van der Waals surface area contributed by atoms with Crippen molar-refractivity contribution in [2.75, 3.05) is 20.3 Å². The molecule has 1 fully saturated rings. The van der Waals surface area contributed by atoms with Crippen molar-refractivity contribution >= 4 is 18.7 Å². The molecule has 1 heterocycles. The van der Waals surface area contributed by atoms with Crippen molar-refractivity contribution in [2.24, 2.45) is 0 Å². The monoisotopic (exact) mass is 459 g/mol. The Bertz CT molecular complexity index is 805. The SMILES string of the molecule is COCCN(Cc1cc(C(F)(F)F)ccc1B1OC(C)(C)C(C)(C)O1)C(=O)OC(C)(C)C. The summed E-state index contributed by atoms with van der Waals surface area (Å²) in [7, 11) is 0.605. The molecular weight excluding hydrogens is 426 g/mol. The molecule has 1 aromatic rings. The average molecular weight is 459 g/mol. The number of hydrogen-bond acceptors (Lipinski definition) is 5. The molecule has 0 aliphatic carbocycles. The minimum Gasteiger partial charge on any atom is -0.444 e. The molecule has 0 unspecified atom stereocenters. The second-order valence-electron chi connectivity index (χ2n) is 9.89. The smallest absolute Gasteiger partial charge is 0.444 e. The molecule has 2 rings (SSSR count). The molecule has 0 N–H and O–H groups in total. The lowest BCUT2D eigenvalue weighted by Gasteiger charge is -2.32. The number of ether oxygens (including phenoxy) is 2. The second kappa shape index (κ2) is 9.23. The van der Waals surface area contributed by atoms with Crippen LogP contribution in [0.15, 0.2) is 18.2 Å². The van der Waals surface area contributed by atoms with Crippen LogP contribution in [-0.2, 0) is 31.5 Å². The predicted octanol–water partition coefficient (Wildman–Crippen LogP) is 4.39. The molecule has 1 saturated heterocycles. The van der Waals surface area contributed by atoms with Gasteiger partial charge in [0.15, 0.2) is 0 Å². The van der Waals surface area contributed by atoms with E-state index in [-0.39, 0.29) is 25.3 Å². The van der Waals surface area contributed by atoms with Gasteiger partial charge in [-0.05, 0) is 65.6 Å². The molecule has 10 heteroatoms. The molecule has 1 aromatic carbocycles. The Morgan fingerprint density at radius 2 is 1.66 bits per heavy atom. The first-order valence-corrected chi connectivity index (χ1v) is 10.5. The summed E-state index contributed by atoms with van der Waals surface area (Å²) in [4.78, 5) is 14.1. The Labute approximate surface area is 188 Å². The van der Waals surface area contributed by atoms with E-state index in [9.17, 15) is 18.0 Å². The highest BCUT2D eigenvalue weighted by molar-refractivity contribution is 6.62. The zero-order chi connectivity index (χ0) is 24.5. The van der Waals surface area contributed by atoms with Crippen LogP contribution in [0, 0.1) is 0 Å². The van der Waals surface area contributed by atoms with E-state index in [1.807, 2.05) is 27.7 Å². The third-order valence-corrected chi connectivity index (χ3v) is 5.56. The summed E-state index contributed by atoms with van der Waals surface area (Å²) < 4.78 is 63.0. The third-order valence-electron chi connectivity index (χ3n) is 5.56. The lowest BCUT2D eigenvalue weighted by atomic mass is 9.75. The lowest BCUT2D eigenvalue weighted by molar-refractivity contribution is -0.137. The van der Waals surface area contributed by atoms with E-state index in [1.165, 1.54) is 18.1 Å². The van der Waals surface area contributed by atoms with Gasteiger partial charge in [0.25, 0.3) is 0 Å². The highest BCUT2D eigenvalue weighted by atomic mass is 19.4. The zero-order valence-corrected chi connectivity index (χ0v) is 20.1. The van der Waals surface area contributed by atoms with Gasteiger partial charge in [0, 0.05) is 20.2 Å². The van der Waals surface area contributed by atoms with E-state index in [0.717, 1.165) is 12.1 Å². The summed E-state index contributed by atoms with van der Waals surface area (Å²) in [5.41, 5.74) is -2.21. The maximum Gasteiger partial charge on any atom is 0.495 e. The predicted molar refractivity (Wildman–Crippen MR) is 116 cm³/mol. The van der Waals surface area contributed by atoms with E-state index in [4.69, 9.17) is 18.8 Å². The standard InChI is InChI=1S/C22H33BF3NO5/c1-19(2,3)30-18(28)27(11-12-29-8)14-15-13-16(22(24,25)26)9-10-17(15)23-31-20(4,5)21(6,7)32-23/h9-10,13H,11-12,14H2,1-8H3. The summed E-state index contributed by atoms with van der Waals surface area (Å²) in [6.45, 7) is 12.8. The first kappa shape index (κ1) is 26.5. The number of halogens is 3.